The van der Waals surface area contributed by atoms with Gasteiger partial charge < -0.3 is 5.11 Å². The van der Waals surface area contributed by atoms with Crippen LogP contribution in [0.4, 0.5) is 4.39 Å². The SMILES string of the molecule is OC[C@@H](I)c1ncccc1F. The van der Waals surface area contributed by atoms with Crippen molar-refractivity contribution in [1.82, 2.24) is 4.98 Å². The van der Waals surface area contributed by atoms with E-state index in [1.165, 1.54) is 18.3 Å². The highest BCUT2D eigenvalue weighted by Crippen LogP contribution is 2.22. The number of nitrogens with zero attached hydrogens (tertiary/aromatic N) is 1. The van der Waals surface area contributed by atoms with Crippen molar-refractivity contribution in [2.24, 2.45) is 0 Å². The first kappa shape index (κ1) is 8.86. The molecule has 0 bridgehead atoms. The lowest BCUT2D eigenvalue weighted by Crippen LogP contribution is -2.01. The number of pyridine rings is 1. The van der Waals surface area contributed by atoms with Crippen LogP contribution in [0.25, 0.3) is 0 Å². The zero-order valence-electron chi connectivity index (χ0n) is 5.67. The van der Waals surface area contributed by atoms with Crippen LogP contribution < -0.4 is 0 Å². The molecule has 4 heteroatoms. The van der Waals surface area contributed by atoms with E-state index in [1.54, 1.807) is 0 Å². The molecule has 0 amide bonds. The third-order valence-electron chi connectivity index (χ3n) is 1.24. The molecular formula is C7H7FINO. The van der Waals surface area contributed by atoms with E-state index in [9.17, 15) is 4.39 Å². The van der Waals surface area contributed by atoms with Gasteiger partial charge in [-0.1, -0.05) is 22.6 Å². The van der Waals surface area contributed by atoms with Gasteiger partial charge in [0.25, 0.3) is 0 Å². The lowest BCUT2D eigenvalue weighted by molar-refractivity contribution is 0.297. The number of hydrogen-bond donors (Lipinski definition) is 1. The van der Waals surface area contributed by atoms with Crippen LogP contribution in [0.5, 0.6) is 0 Å². The van der Waals surface area contributed by atoms with Crippen molar-refractivity contribution < 1.29 is 9.50 Å². The Morgan fingerprint density at radius 2 is 2.45 bits per heavy atom. The van der Waals surface area contributed by atoms with Gasteiger partial charge in [-0.3, -0.25) is 4.98 Å². The summed E-state index contributed by atoms with van der Waals surface area (Å²) in [5.41, 5.74) is 0.315. The Morgan fingerprint density at radius 3 is 3.00 bits per heavy atom. The lowest BCUT2D eigenvalue weighted by atomic mass is 10.3. The first-order chi connectivity index (χ1) is 5.25. The Morgan fingerprint density at radius 1 is 1.73 bits per heavy atom. The van der Waals surface area contributed by atoms with Gasteiger partial charge in [-0.2, -0.15) is 0 Å². The summed E-state index contributed by atoms with van der Waals surface area (Å²) in [6.07, 6.45) is 1.51. The molecule has 0 radical (unpaired) electrons. The maximum Gasteiger partial charge on any atom is 0.145 e. The molecule has 1 aromatic heterocycles. The minimum atomic E-state index is -0.360. The minimum absolute atomic E-state index is 0.0888. The maximum absolute atomic E-state index is 12.8. The second-order valence-corrected chi connectivity index (χ2v) is 3.52. The molecule has 60 valence electrons. The fourth-order valence-corrected chi connectivity index (χ4v) is 1.17. The fourth-order valence-electron chi connectivity index (χ4n) is 0.715. The first-order valence-corrected chi connectivity index (χ1v) is 4.35. The number of rotatable bonds is 2. The van der Waals surface area contributed by atoms with Crippen LogP contribution >= 0.6 is 22.6 Å². The van der Waals surface area contributed by atoms with Crippen molar-refractivity contribution in [3.8, 4) is 0 Å². The lowest BCUT2D eigenvalue weighted by Gasteiger charge is -2.04. The third-order valence-corrected chi connectivity index (χ3v) is 2.23. The smallest absolute Gasteiger partial charge is 0.145 e. The minimum Gasteiger partial charge on any atom is -0.395 e. The number of hydrogen-bond acceptors (Lipinski definition) is 2. The molecule has 0 aliphatic heterocycles. The maximum atomic E-state index is 12.8. The van der Waals surface area contributed by atoms with Gasteiger partial charge in [0.15, 0.2) is 0 Å². The summed E-state index contributed by atoms with van der Waals surface area (Å²) in [6, 6.07) is 2.86. The van der Waals surface area contributed by atoms with Crippen molar-refractivity contribution in [3.63, 3.8) is 0 Å². The van der Waals surface area contributed by atoms with Gasteiger partial charge in [0, 0.05) is 6.20 Å². The molecule has 1 rings (SSSR count). The van der Waals surface area contributed by atoms with Gasteiger partial charge in [0.05, 0.1) is 16.2 Å². The Bertz CT molecular complexity index is 244. The van der Waals surface area contributed by atoms with Crippen LogP contribution in [0.3, 0.4) is 0 Å². The van der Waals surface area contributed by atoms with E-state index in [0.29, 0.717) is 5.69 Å². The number of aromatic nitrogens is 1. The molecule has 0 saturated carbocycles. The summed E-state index contributed by atoms with van der Waals surface area (Å²) < 4.78 is 12.6. The molecule has 11 heavy (non-hydrogen) atoms. The van der Waals surface area contributed by atoms with E-state index >= 15 is 0 Å². The van der Waals surface area contributed by atoms with Crippen molar-refractivity contribution in [2.45, 2.75) is 3.92 Å². The molecular weight excluding hydrogens is 260 g/mol. The number of halogens is 2. The van der Waals surface area contributed by atoms with Gasteiger partial charge in [0.2, 0.25) is 0 Å². The average molecular weight is 267 g/mol. The summed E-state index contributed by atoms with van der Waals surface area (Å²) in [5.74, 6) is -0.360. The quantitative estimate of drug-likeness (QED) is 0.653. The molecule has 2 nitrogen and oxygen atoms in total. The van der Waals surface area contributed by atoms with Crippen LogP contribution in [0.1, 0.15) is 9.62 Å². The van der Waals surface area contributed by atoms with Crippen LogP contribution in [0, 0.1) is 5.82 Å². The number of alkyl halides is 1. The molecule has 0 unspecified atom stereocenters. The number of aliphatic hydroxyl groups excluding tert-OH is 1. The topological polar surface area (TPSA) is 33.1 Å². The molecule has 0 saturated heterocycles. The molecule has 0 fully saturated rings. The van der Waals surface area contributed by atoms with E-state index in [4.69, 9.17) is 5.11 Å². The summed E-state index contributed by atoms with van der Waals surface area (Å²) >= 11 is 1.94. The zero-order valence-corrected chi connectivity index (χ0v) is 7.82. The van der Waals surface area contributed by atoms with E-state index in [0.717, 1.165) is 0 Å². The predicted molar refractivity (Wildman–Crippen MR) is 48.0 cm³/mol. The highest BCUT2D eigenvalue weighted by molar-refractivity contribution is 14.1. The Balaban J connectivity index is 2.93. The monoisotopic (exact) mass is 267 g/mol. The van der Waals surface area contributed by atoms with Crippen molar-refractivity contribution in [3.05, 3.63) is 29.8 Å². The molecule has 0 aromatic carbocycles. The highest BCUT2D eigenvalue weighted by Gasteiger charge is 2.11. The van der Waals surface area contributed by atoms with Crippen molar-refractivity contribution >= 4 is 22.6 Å². The van der Waals surface area contributed by atoms with Crippen LogP contribution in [-0.4, -0.2) is 16.7 Å². The zero-order chi connectivity index (χ0) is 8.27. The van der Waals surface area contributed by atoms with E-state index in [-0.39, 0.29) is 16.3 Å². The fraction of sp³-hybridized carbons (Fsp3) is 0.286. The van der Waals surface area contributed by atoms with Crippen molar-refractivity contribution in [2.75, 3.05) is 6.61 Å². The largest absolute Gasteiger partial charge is 0.395 e. The third kappa shape index (κ3) is 2.10. The van der Waals surface area contributed by atoms with Gasteiger partial charge in [-0.25, -0.2) is 4.39 Å². The van der Waals surface area contributed by atoms with E-state index in [1.807, 2.05) is 22.6 Å². The standard InChI is InChI=1S/C7H7FINO/c8-5-2-1-3-10-7(5)6(9)4-11/h1-3,6,11H,4H2/t6-/m1/s1. The molecule has 1 N–H and O–H groups in total. The first-order valence-electron chi connectivity index (χ1n) is 3.11. The van der Waals surface area contributed by atoms with Gasteiger partial charge in [-0.05, 0) is 12.1 Å². The summed E-state index contributed by atoms with van der Waals surface area (Å²) in [4.78, 5) is 3.81. The van der Waals surface area contributed by atoms with Gasteiger partial charge >= 0.3 is 0 Å². The molecule has 1 atom stereocenters. The molecule has 0 aliphatic rings. The van der Waals surface area contributed by atoms with E-state index < -0.39 is 0 Å². The summed E-state index contributed by atoms with van der Waals surface area (Å²) in [7, 11) is 0. The Kier molecular flexibility index (Phi) is 3.19. The van der Waals surface area contributed by atoms with Crippen LogP contribution in [0.15, 0.2) is 18.3 Å². The Labute approximate surface area is 77.6 Å². The van der Waals surface area contributed by atoms with Gasteiger partial charge in [-0.15, -0.1) is 0 Å². The molecule has 0 spiro atoms. The Hall–Kier alpha value is -0.230. The predicted octanol–water partition coefficient (Wildman–Crippen LogP) is 1.69. The second kappa shape index (κ2) is 3.96. The highest BCUT2D eigenvalue weighted by atomic mass is 127. The van der Waals surface area contributed by atoms with Gasteiger partial charge in [0.1, 0.15) is 5.82 Å². The van der Waals surface area contributed by atoms with Crippen molar-refractivity contribution in [1.29, 1.82) is 0 Å². The normalized spacial score (nSPS) is 13.0. The number of aliphatic hydroxyl groups is 1. The second-order valence-electron chi connectivity index (χ2n) is 2.02. The van der Waals surface area contributed by atoms with Crippen LogP contribution in [0.2, 0.25) is 0 Å². The molecule has 1 heterocycles. The van der Waals surface area contributed by atoms with E-state index in [2.05, 4.69) is 4.98 Å². The molecule has 0 aliphatic carbocycles. The molecule has 1 aromatic rings. The average Bonchev–Trinajstić information content (AvgIpc) is 2.04. The summed E-state index contributed by atoms with van der Waals surface area (Å²) in [5, 5.41) is 8.70. The van der Waals surface area contributed by atoms with Crippen LogP contribution in [-0.2, 0) is 0 Å². The summed E-state index contributed by atoms with van der Waals surface area (Å²) in [6.45, 7) is -0.0888.